The summed E-state index contributed by atoms with van der Waals surface area (Å²) < 4.78 is 6.80. The number of thioether (sulfide) groups is 1. The minimum atomic E-state index is -0.250. The number of hydrogen-bond acceptors (Lipinski definition) is 3. The molecule has 0 aliphatic carbocycles. The third-order valence-electron chi connectivity index (χ3n) is 3.65. The first-order valence-electron chi connectivity index (χ1n) is 6.48. The number of benzene rings is 1. The van der Waals surface area contributed by atoms with Gasteiger partial charge in [0.2, 0.25) is 0 Å². The molecule has 4 heteroatoms. The first kappa shape index (κ1) is 12.8. The predicted molar refractivity (Wildman–Crippen MR) is 78.5 cm³/mol. The van der Waals surface area contributed by atoms with E-state index in [0.717, 1.165) is 35.2 Å². The van der Waals surface area contributed by atoms with E-state index in [1.807, 2.05) is 11.8 Å². The summed E-state index contributed by atoms with van der Waals surface area (Å²) in [4.78, 5) is 0. The number of rotatable bonds is 3. The van der Waals surface area contributed by atoms with E-state index in [1.54, 1.807) is 0 Å². The second-order valence-electron chi connectivity index (χ2n) is 4.97. The van der Waals surface area contributed by atoms with Gasteiger partial charge < -0.3 is 9.84 Å². The lowest BCUT2D eigenvalue weighted by Gasteiger charge is -2.18. The fourth-order valence-corrected chi connectivity index (χ4v) is 4.60. The molecule has 2 aliphatic heterocycles. The molecule has 18 heavy (non-hydrogen) atoms. The molecule has 1 aromatic carbocycles. The van der Waals surface area contributed by atoms with Gasteiger partial charge in [-0.1, -0.05) is 15.9 Å². The Morgan fingerprint density at radius 2 is 2.39 bits per heavy atom. The van der Waals surface area contributed by atoms with Crippen LogP contribution in [0, 0.1) is 0 Å². The zero-order valence-electron chi connectivity index (χ0n) is 10.2. The lowest BCUT2D eigenvalue weighted by atomic mass is 10.00. The topological polar surface area (TPSA) is 29.5 Å². The Morgan fingerprint density at radius 3 is 3.17 bits per heavy atom. The third kappa shape index (κ3) is 2.56. The van der Waals surface area contributed by atoms with Crippen molar-refractivity contribution in [2.75, 3.05) is 12.4 Å². The van der Waals surface area contributed by atoms with Gasteiger partial charge in [0.15, 0.2) is 0 Å². The number of ether oxygens (including phenoxy) is 1. The standard InChI is InChI=1S/C14H17BrO2S/c15-11-6-9-3-4-17-14(9)10(7-11)8-12(16)13-2-1-5-18-13/h6-7,12-13,16H,1-5,8H2. The quantitative estimate of drug-likeness (QED) is 0.924. The highest BCUT2D eigenvalue weighted by Crippen LogP contribution is 2.36. The largest absolute Gasteiger partial charge is 0.493 e. The maximum absolute atomic E-state index is 10.3. The molecule has 2 nitrogen and oxygen atoms in total. The molecule has 0 radical (unpaired) electrons. The monoisotopic (exact) mass is 328 g/mol. The molecule has 1 saturated heterocycles. The van der Waals surface area contributed by atoms with Crippen LogP contribution in [0.1, 0.15) is 24.0 Å². The number of fused-ring (bicyclic) bond motifs is 1. The first-order valence-corrected chi connectivity index (χ1v) is 8.32. The van der Waals surface area contributed by atoms with Crippen LogP contribution in [0.2, 0.25) is 0 Å². The molecule has 0 aromatic heterocycles. The average Bonchev–Trinajstić information content (AvgIpc) is 2.98. The maximum Gasteiger partial charge on any atom is 0.125 e. The van der Waals surface area contributed by atoms with E-state index < -0.39 is 0 Å². The second-order valence-corrected chi connectivity index (χ2v) is 7.24. The van der Waals surface area contributed by atoms with Crippen molar-refractivity contribution in [1.29, 1.82) is 0 Å². The third-order valence-corrected chi connectivity index (χ3v) is 5.61. The molecule has 1 aromatic rings. The van der Waals surface area contributed by atoms with Gasteiger partial charge in [-0.2, -0.15) is 11.8 Å². The molecule has 3 rings (SSSR count). The van der Waals surface area contributed by atoms with Crippen LogP contribution < -0.4 is 4.74 Å². The van der Waals surface area contributed by atoms with E-state index in [4.69, 9.17) is 4.74 Å². The van der Waals surface area contributed by atoms with Crippen molar-refractivity contribution in [3.05, 3.63) is 27.7 Å². The van der Waals surface area contributed by atoms with Gasteiger partial charge in [-0.3, -0.25) is 0 Å². The Balaban J connectivity index is 1.79. The molecule has 0 bridgehead atoms. The molecular formula is C14H17BrO2S. The van der Waals surface area contributed by atoms with E-state index in [0.29, 0.717) is 11.7 Å². The van der Waals surface area contributed by atoms with Crippen LogP contribution in [0.5, 0.6) is 5.75 Å². The molecule has 0 amide bonds. The molecule has 0 spiro atoms. The Morgan fingerprint density at radius 1 is 1.50 bits per heavy atom. The minimum absolute atomic E-state index is 0.250. The van der Waals surface area contributed by atoms with Crippen LogP contribution in [-0.4, -0.2) is 28.8 Å². The van der Waals surface area contributed by atoms with Crippen molar-refractivity contribution in [3.63, 3.8) is 0 Å². The van der Waals surface area contributed by atoms with Gasteiger partial charge in [0.1, 0.15) is 5.75 Å². The van der Waals surface area contributed by atoms with Gasteiger partial charge in [-0.25, -0.2) is 0 Å². The summed E-state index contributed by atoms with van der Waals surface area (Å²) in [5, 5.41) is 10.7. The van der Waals surface area contributed by atoms with Gasteiger partial charge in [-0.15, -0.1) is 0 Å². The van der Waals surface area contributed by atoms with Gasteiger partial charge in [-0.05, 0) is 41.9 Å². The molecular weight excluding hydrogens is 312 g/mol. The van der Waals surface area contributed by atoms with E-state index in [2.05, 4.69) is 28.1 Å². The average molecular weight is 329 g/mol. The van der Waals surface area contributed by atoms with Crippen molar-refractivity contribution in [1.82, 2.24) is 0 Å². The van der Waals surface area contributed by atoms with Gasteiger partial charge in [0.25, 0.3) is 0 Å². The highest BCUT2D eigenvalue weighted by Gasteiger charge is 2.26. The van der Waals surface area contributed by atoms with Crippen LogP contribution in [0.4, 0.5) is 0 Å². The van der Waals surface area contributed by atoms with Crippen LogP contribution >= 0.6 is 27.7 Å². The highest BCUT2D eigenvalue weighted by molar-refractivity contribution is 9.10. The van der Waals surface area contributed by atoms with Crippen LogP contribution in [0.15, 0.2) is 16.6 Å². The van der Waals surface area contributed by atoms with Crippen LogP contribution in [0.3, 0.4) is 0 Å². The molecule has 2 atom stereocenters. The number of aliphatic hydroxyl groups is 1. The van der Waals surface area contributed by atoms with Crippen molar-refractivity contribution in [2.45, 2.75) is 37.0 Å². The molecule has 1 N–H and O–H groups in total. The minimum Gasteiger partial charge on any atom is -0.493 e. The maximum atomic E-state index is 10.3. The number of halogens is 1. The van der Waals surface area contributed by atoms with E-state index in [-0.39, 0.29) is 6.10 Å². The fourth-order valence-electron chi connectivity index (χ4n) is 2.76. The summed E-state index contributed by atoms with van der Waals surface area (Å²) in [6.45, 7) is 0.771. The molecule has 2 heterocycles. The van der Waals surface area contributed by atoms with Crippen molar-refractivity contribution < 1.29 is 9.84 Å². The van der Waals surface area contributed by atoms with Crippen molar-refractivity contribution in [2.24, 2.45) is 0 Å². The second kappa shape index (κ2) is 5.43. The summed E-state index contributed by atoms with van der Waals surface area (Å²) >= 11 is 5.45. The molecule has 0 saturated carbocycles. The summed E-state index contributed by atoms with van der Waals surface area (Å²) in [6.07, 6.45) is 3.82. The molecule has 2 aliphatic rings. The molecule has 2 unspecified atom stereocenters. The van der Waals surface area contributed by atoms with Gasteiger partial charge >= 0.3 is 0 Å². The van der Waals surface area contributed by atoms with Crippen molar-refractivity contribution in [3.8, 4) is 5.75 Å². The Bertz CT molecular complexity index is 444. The predicted octanol–water partition coefficient (Wildman–Crippen LogP) is 3.18. The Hall–Kier alpha value is -0.190. The summed E-state index contributed by atoms with van der Waals surface area (Å²) in [6, 6.07) is 4.22. The SMILES string of the molecule is OC(Cc1cc(Br)cc2c1OCC2)C1CCCS1. The lowest BCUT2D eigenvalue weighted by molar-refractivity contribution is 0.169. The smallest absolute Gasteiger partial charge is 0.125 e. The molecule has 98 valence electrons. The lowest BCUT2D eigenvalue weighted by Crippen LogP contribution is -2.23. The fraction of sp³-hybridized carbons (Fsp3) is 0.571. The first-order chi connectivity index (χ1) is 8.74. The van der Waals surface area contributed by atoms with E-state index in [9.17, 15) is 5.11 Å². The summed E-state index contributed by atoms with van der Waals surface area (Å²) in [5.41, 5.74) is 2.42. The summed E-state index contributed by atoms with van der Waals surface area (Å²) in [5.74, 6) is 2.20. The van der Waals surface area contributed by atoms with Crippen LogP contribution in [-0.2, 0) is 12.8 Å². The van der Waals surface area contributed by atoms with Gasteiger partial charge in [0, 0.05) is 22.6 Å². The Kier molecular flexibility index (Phi) is 3.87. The number of aliphatic hydroxyl groups excluding tert-OH is 1. The summed E-state index contributed by atoms with van der Waals surface area (Å²) in [7, 11) is 0. The van der Waals surface area contributed by atoms with E-state index >= 15 is 0 Å². The van der Waals surface area contributed by atoms with E-state index in [1.165, 1.54) is 17.7 Å². The Labute approximate surface area is 120 Å². The zero-order valence-corrected chi connectivity index (χ0v) is 12.6. The molecule has 1 fully saturated rings. The highest BCUT2D eigenvalue weighted by atomic mass is 79.9. The number of hydrogen-bond donors (Lipinski definition) is 1. The normalized spacial score (nSPS) is 23.8. The van der Waals surface area contributed by atoms with Crippen molar-refractivity contribution >= 4 is 27.7 Å². The van der Waals surface area contributed by atoms with Crippen LogP contribution in [0.25, 0.3) is 0 Å². The zero-order chi connectivity index (χ0) is 12.5. The van der Waals surface area contributed by atoms with Gasteiger partial charge in [0.05, 0.1) is 12.7 Å².